The van der Waals surface area contributed by atoms with Crippen molar-refractivity contribution in [1.82, 2.24) is 24.6 Å². The van der Waals surface area contributed by atoms with Gasteiger partial charge in [-0.25, -0.2) is 9.67 Å². The van der Waals surface area contributed by atoms with Crippen molar-refractivity contribution >= 4 is 0 Å². The highest BCUT2D eigenvalue weighted by Crippen LogP contribution is 2.20. The van der Waals surface area contributed by atoms with Crippen LogP contribution in [0.1, 0.15) is 44.3 Å². The Balaban J connectivity index is 1.49. The van der Waals surface area contributed by atoms with Crippen LogP contribution in [0, 0.1) is 19.8 Å². The molecule has 1 aromatic rings. The molecule has 3 heterocycles. The smallest absolute Gasteiger partial charge is 0.147 e. The van der Waals surface area contributed by atoms with E-state index in [9.17, 15) is 5.11 Å². The molecule has 24 heavy (non-hydrogen) atoms. The third-order valence-electron chi connectivity index (χ3n) is 5.64. The van der Waals surface area contributed by atoms with Gasteiger partial charge in [0, 0.05) is 19.1 Å². The zero-order chi connectivity index (χ0) is 17.1. The van der Waals surface area contributed by atoms with Gasteiger partial charge in [0.05, 0.1) is 12.6 Å². The number of aromatic nitrogens is 3. The van der Waals surface area contributed by atoms with Gasteiger partial charge in [-0.15, -0.1) is 0 Å². The van der Waals surface area contributed by atoms with Gasteiger partial charge in [0.15, 0.2) is 0 Å². The summed E-state index contributed by atoms with van der Waals surface area (Å²) in [4.78, 5) is 9.28. The summed E-state index contributed by atoms with van der Waals surface area (Å²) in [6.45, 7) is 12.1. The number of hydrogen-bond acceptors (Lipinski definition) is 5. The molecule has 3 rings (SSSR count). The Bertz CT molecular complexity index is 523. The molecular weight excluding hydrogens is 302 g/mol. The van der Waals surface area contributed by atoms with E-state index in [1.807, 2.05) is 18.5 Å². The first kappa shape index (κ1) is 17.8. The van der Waals surface area contributed by atoms with Crippen LogP contribution in [0.3, 0.4) is 0 Å². The Hall–Kier alpha value is -0.980. The summed E-state index contributed by atoms with van der Waals surface area (Å²) in [5.74, 6) is 2.68. The van der Waals surface area contributed by atoms with Crippen LogP contribution in [0.4, 0.5) is 0 Å². The van der Waals surface area contributed by atoms with E-state index in [0.29, 0.717) is 6.04 Å². The number of rotatable bonds is 6. The van der Waals surface area contributed by atoms with Crippen molar-refractivity contribution in [2.45, 2.75) is 65.1 Å². The Kier molecular flexibility index (Phi) is 5.89. The molecule has 1 aromatic heterocycles. The van der Waals surface area contributed by atoms with Gasteiger partial charge >= 0.3 is 0 Å². The van der Waals surface area contributed by atoms with Crippen LogP contribution in [-0.2, 0) is 6.54 Å². The Morgan fingerprint density at radius 2 is 1.88 bits per heavy atom. The van der Waals surface area contributed by atoms with E-state index < -0.39 is 0 Å². The molecule has 0 saturated carbocycles. The third-order valence-corrected chi connectivity index (χ3v) is 5.64. The van der Waals surface area contributed by atoms with E-state index in [4.69, 9.17) is 0 Å². The fraction of sp³-hybridized carbons (Fsp3) is 0.889. The molecule has 0 aliphatic carbocycles. The molecule has 2 atom stereocenters. The minimum absolute atomic E-state index is 0.252. The number of aryl methyl sites for hydroxylation is 2. The zero-order valence-electron chi connectivity index (χ0n) is 15.5. The Morgan fingerprint density at radius 1 is 1.12 bits per heavy atom. The number of piperidine rings is 1. The van der Waals surface area contributed by atoms with Crippen LogP contribution in [0.5, 0.6) is 0 Å². The van der Waals surface area contributed by atoms with E-state index in [2.05, 4.69) is 26.8 Å². The van der Waals surface area contributed by atoms with Gasteiger partial charge in [-0.3, -0.25) is 4.90 Å². The average Bonchev–Trinajstić information content (AvgIpc) is 3.08. The van der Waals surface area contributed by atoms with Crippen LogP contribution in [-0.4, -0.2) is 74.5 Å². The quantitative estimate of drug-likeness (QED) is 0.853. The molecule has 1 N–H and O–H groups in total. The lowest BCUT2D eigenvalue weighted by Crippen LogP contribution is -2.45. The van der Waals surface area contributed by atoms with E-state index in [0.717, 1.165) is 56.8 Å². The fourth-order valence-corrected chi connectivity index (χ4v) is 4.15. The van der Waals surface area contributed by atoms with Crippen molar-refractivity contribution in [3.8, 4) is 0 Å². The largest absolute Gasteiger partial charge is 0.390 e. The molecule has 2 saturated heterocycles. The summed E-state index contributed by atoms with van der Waals surface area (Å²) in [5.41, 5.74) is 0. The minimum Gasteiger partial charge on any atom is -0.390 e. The molecule has 0 aromatic carbocycles. The van der Waals surface area contributed by atoms with Gasteiger partial charge in [0.1, 0.15) is 11.6 Å². The van der Waals surface area contributed by atoms with Crippen LogP contribution in [0.2, 0.25) is 0 Å². The number of likely N-dealkylation sites (tertiary alicyclic amines) is 2. The summed E-state index contributed by atoms with van der Waals surface area (Å²) < 4.78 is 2.02. The first-order chi connectivity index (χ1) is 11.5. The van der Waals surface area contributed by atoms with Gasteiger partial charge in [-0.05, 0) is 65.1 Å². The molecule has 6 heteroatoms. The van der Waals surface area contributed by atoms with Crippen molar-refractivity contribution in [2.75, 3.05) is 32.7 Å². The lowest BCUT2D eigenvalue weighted by Gasteiger charge is -2.33. The van der Waals surface area contributed by atoms with Gasteiger partial charge in [0.25, 0.3) is 0 Å². The number of aliphatic hydroxyl groups is 1. The topological polar surface area (TPSA) is 57.4 Å². The van der Waals surface area contributed by atoms with E-state index in [1.165, 1.54) is 25.7 Å². The minimum atomic E-state index is -0.252. The summed E-state index contributed by atoms with van der Waals surface area (Å²) in [6, 6.07) is 0.473. The van der Waals surface area contributed by atoms with Crippen molar-refractivity contribution < 1.29 is 5.11 Å². The maximum atomic E-state index is 10.6. The van der Waals surface area contributed by atoms with Gasteiger partial charge in [-0.1, -0.05) is 6.92 Å². The normalized spacial score (nSPS) is 25.4. The molecule has 2 aliphatic rings. The van der Waals surface area contributed by atoms with Crippen molar-refractivity contribution in [3.05, 3.63) is 11.6 Å². The average molecular weight is 335 g/mol. The van der Waals surface area contributed by atoms with E-state index in [-0.39, 0.29) is 6.10 Å². The number of β-amino-alcohol motifs (C(OH)–C–C–N with tert-alkyl or cyclic N) is 1. The predicted octanol–water partition coefficient (Wildman–Crippen LogP) is 1.45. The second-order valence-electron chi connectivity index (χ2n) is 7.82. The molecule has 0 bridgehead atoms. The van der Waals surface area contributed by atoms with E-state index in [1.54, 1.807) is 0 Å². The second kappa shape index (κ2) is 7.93. The van der Waals surface area contributed by atoms with Crippen molar-refractivity contribution in [1.29, 1.82) is 0 Å². The predicted molar refractivity (Wildman–Crippen MR) is 94.9 cm³/mol. The highest BCUT2D eigenvalue weighted by atomic mass is 16.3. The van der Waals surface area contributed by atoms with Crippen LogP contribution >= 0.6 is 0 Å². The maximum Gasteiger partial charge on any atom is 0.147 e. The summed E-state index contributed by atoms with van der Waals surface area (Å²) in [5, 5.41) is 15.0. The Labute approximate surface area is 145 Å². The van der Waals surface area contributed by atoms with Crippen LogP contribution in [0.25, 0.3) is 0 Å². The van der Waals surface area contributed by atoms with E-state index >= 15 is 0 Å². The standard InChI is InChI=1S/C18H33N5O/c1-14-6-9-21(10-7-14)12-18(24)13-22-8-4-5-17(22)11-23-16(3)19-15(2)20-23/h14,17-18,24H,4-13H2,1-3H3. The lowest BCUT2D eigenvalue weighted by atomic mass is 9.99. The van der Waals surface area contributed by atoms with Crippen LogP contribution < -0.4 is 0 Å². The van der Waals surface area contributed by atoms with Gasteiger partial charge in [-0.2, -0.15) is 5.10 Å². The zero-order valence-corrected chi connectivity index (χ0v) is 15.5. The van der Waals surface area contributed by atoms with Gasteiger partial charge in [0.2, 0.25) is 0 Å². The number of nitrogens with zero attached hydrogens (tertiary/aromatic N) is 5. The van der Waals surface area contributed by atoms with Crippen molar-refractivity contribution in [2.24, 2.45) is 5.92 Å². The molecule has 2 unspecified atom stereocenters. The molecule has 0 radical (unpaired) electrons. The lowest BCUT2D eigenvalue weighted by molar-refractivity contribution is 0.0552. The SMILES string of the molecule is Cc1nc(C)n(CC2CCCN2CC(O)CN2CCC(C)CC2)n1. The first-order valence-corrected chi connectivity index (χ1v) is 9.54. The molecule has 2 aliphatic heterocycles. The Morgan fingerprint density at radius 3 is 2.54 bits per heavy atom. The molecule has 2 fully saturated rings. The van der Waals surface area contributed by atoms with Crippen molar-refractivity contribution in [3.63, 3.8) is 0 Å². The molecule has 6 nitrogen and oxygen atoms in total. The highest BCUT2D eigenvalue weighted by molar-refractivity contribution is 4.90. The molecule has 0 spiro atoms. The van der Waals surface area contributed by atoms with Gasteiger partial charge < -0.3 is 10.0 Å². The number of hydrogen-bond donors (Lipinski definition) is 1. The summed E-state index contributed by atoms with van der Waals surface area (Å²) in [7, 11) is 0. The monoisotopic (exact) mass is 335 g/mol. The number of aliphatic hydroxyl groups excluding tert-OH is 1. The second-order valence-corrected chi connectivity index (χ2v) is 7.82. The third kappa shape index (κ3) is 4.55. The molecule has 136 valence electrons. The van der Waals surface area contributed by atoms with Crippen LogP contribution in [0.15, 0.2) is 0 Å². The maximum absolute atomic E-state index is 10.6. The fourth-order valence-electron chi connectivity index (χ4n) is 4.15. The first-order valence-electron chi connectivity index (χ1n) is 9.54. The molecule has 0 amide bonds. The molecular formula is C18H33N5O. The summed E-state index contributed by atoms with van der Waals surface area (Å²) >= 11 is 0. The summed E-state index contributed by atoms with van der Waals surface area (Å²) in [6.07, 6.45) is 4.68. The highest BCUT2D eigenvalue weighted by Gasteiger charge is 2.28.